The summed E-state index contributed by atoms with van der Waals surface area (Å²) >= 11 is 0. The molecule has 0 N–H and O–H groups in total. The number of hydrogen-bond donors (Lipinski definition) is 0. The molecule has 2 aromatic heterocycles. The molecule has 5 nitrogen and oxygen atoms in total. The molecular formula is C17H16N4O. The predicted octanol–water partition coefficient (Wildman–Crippen LogP) is 2.48. The van der Waals surface area contributed by atoms with E-state index in [0.717, 1.165) is 41.7 Å². The summed E-state index contributed by atoms with van der Waals surface area (Å²) in [5, 5.41) is 5.57. The van der Waals surface area contributed by atoms with Gasteiger partial charge in [-0.05, 0) is 24.6 Å². The Hall–Kier alpha value is -2.69. The molecule has 0 saturated carbocycles. The molecule has 0 bridgehead atoms. The lowest BCUT2D eigenvalue weighted by molar-refractivity contribution is 0.0774. The lowest BCUT2D eigenvalue weighted by Crippen LogP contribution is -2.25. The van der Waals surface area contributed by atoms with Crippen LogP contribution in [0.5, 0.6) is 0 Å². The molecule has 0 spiro atoms. The van der Waals surface area contributed by atoms with Crippen LogP contribution in [0.3, 0.4) is 0 Å². The number of fused-ring (bicyclic) bond motifs is 2. The Morgan fingerprint density at radius 1 is 1.09 bits per heavy atom. The number of amides is 1. The van der Waals surface area contributed by atoms with Crippen molar-refractivity contribution < 1.29 is 4.79 Å². The van der Waals surface area contributed by atoms with Crippen LogP contribution in [0.15, 0.2) is 48.8 Å². The van der Waals surface area contributed by atoms with E-state index in [1.165, 1.54) is 0 Å². The van der Waals surface area contributed by atoms with E-state index in [4.69, 9.17) is 0 Å². The van der Waals surface area contributed by atoms with E-state index >= 15 is 0 Å². The minimum absolute atomic E-state index is 0.0911. The van der Waals surface area contributed by atoms with Crippen LogP contribution in [0.25, 0.3) is 10.9 Å². The fraction of sp³-hybridized carbons (Fsp3) is 0.235. The van der Waals surface area contributed by atoms with Gasteiger partial charge in [0.2, 0.25) is 0 Å². The fourth-order valence-electron chi connectivity index (χ4n) is 2.98. The van der Waals surface area contributed by atoms with E-state index in [-0.39, 0.29) is 5.91 Å². The van der Waals surface area contributed by atoms with E-state index in [1.54, 1.807) is 6.20 Å². The molecule has 110 valence electrons. The van der Waals surface area contributed by atoms with Gasteiger partial charge in [0.1, 0.15) is 0 Å². The monoisotopic (exact) mass is 292 g/mol. The third-order valence-corrected chi connectivity index (χ3v) is 4.10. The maximum absolute atomic E-state index is 12.3. The van der Waals surface area contributed by atoms with Crippen molar-refractivity contribution in [3.8, 4) is 0 Å². The molecule has 3 aromatic rings. The second-order valence-corrected chi connectivity index (χ2v) is 5.50. The standard InChI is InChI=1S/C17H16N4O/c22-17-14-6-3-8-18-15(14)12-20(17)9-4-10-21-16-7-2-1-5-13(16)11-19-21/h1-3,5-8,11H,4,9-10,12H2. The molecule has 4 rings (SSSR count). The Labute approximate surface area is 128 Å². The van der Waals surface area contributed by atoms with Crippen molar-refractivity contribution in [2.45, 2.75) is 19.5 Å². The highest BCUT2D eigenvalue weighted by Gasteiger charge is 2.27. The van der Waals surface area contributed by atoms with Crippen LogP contribution in [0.2, 0.25) is 0 Å². The second-order valence-electron chi connectivity index (χ2n) is 5.50. The van der Waals surface area contributed by atoms with Gasteiger partial charge in [-0.15, -0.1) is 0 Å². The number of pyridine rings is 1. The molecule has 0 atom stereocenters. The zero-order chi connectivity index (χ0) is 14.9. The van der Waals surface area contributed by atoms with Gasteiger partial charge < -0.3 is 4.90 Å². The molecular weight excluding hydrogens is 276 g/mol. The fourth-order valence-corrected chi connectivity index (χ4v) is 2.98. The van der Waals surface area contributed by atoms with Gasteiger partial charge in [0.15, 0.2) is 0 Å². The van der Waals surface area contributed by atoms with Gasteiger partial charge in [-0.1, -0.05) is 18.2 Å². The summed E-state index contributed by atoms with van der Waals surface area (Å²) in [4.78, 5) is 18.4. The van der Waals surface area contributed by atoms with Gasteiger partial charge in [0, 0.05) is 24.7 Å². The van der Waals surface area contributed by atoms with Gasteiger partial charge in [-0.25, -0.2) is 0 Å². The van der Waals surface area contributed by atoms with E-state index in [0.29, 0.717) is 6.54 Å². The molecule has 0 unspecified atom stereocenters. The van der Waals surface area contributed by atoms with Crippen molar-refractivity contribution >= 4 is 16.8 Å². The molecule has 3 heterocycles. The minimum Gasteiger partial charge on any atom is -0.333 e. The summed E-state index contributed by atoms with van der Waals surface area (Å²) in [5.74, 6) is 0.0911. The van der Waals surface area contributed by atoms with E-state index in [9.17, 15) is 4.79 Å². The average molecular weight is 292 g/mol. The van der Waals surface area contributed by atoms with Crippen LogP contribution in [0.1, 0.15) is 22.5 Å². The van der Waals surface area contributed by atoms with Crippen molar-refractivity contribution in [1.82, 2.24) is 19.7 Å². The summed E-state index contributed by atoms with van der Waals surface area (Å²) in [6.07, 6.45) is 4.51. The van der Waals surface area contributed by atoms with Crippen LogP contribution in [-0.2, 0) is 13.1 Å². The first kappa shape index (κ1) is 13.0. The molecule has 5 heteroatoms. The topological polar surface area (TPSA) is 51.0 Å². The summed E-state index contributed by atoms with van der Waals surface area (Å²) in [6.45, 7) is 2.15. The lowest BCUT2D eigenvalue weighted by Gasteiger charge is -2.15. The third kappa shape index (κ3) is 2.15. The molecule has 1 aliphatic rings. The Balaban J connectivity index is 1.41. The van der Waals surface area contributed by atoms with Crippen LogP contribution in [0.4, 0.5) is 0 Å². The van der Waals surface area contributed by atoms with E-state index in [2.05, 4.69) is 22.2 Å². The first-order valence-corrected chi connectivity index (χ1v) is 7.46. The SMILES string of the molecule is O=C1c2cccnc2CN1CCCn1ncc2ccccc21. The van der Waals surface area contributed by atoms with Crippen LogP contribution >= 0.6 is 0 Å². The van der Waals surface area contributed by atoms with Crippen LogP contribution < -0.4 is 0 Å². The Morgan fingerprint density at radius 3 is 2.91 bits per heavy atom. The van der Waals surface area contributed by atoms with Gasteiger partial charge in [0.25, 0.3) is 5.91 Å². The molecule has 1 amide bonds. The molecule has 0 aliphatic carbocycles. The van der Waals surface area contributed by atoms with Crippen molar-refractivity contribution in [3.05, 3.63) is 60.0 Å². The maximum Gasteiger partial charge on any atom is 0.256 e. The van der Waals surface area contributed by atoms with Crippen molar-refractivity contribution in [2.75, 3.05) is 6.54 Å². The summed E-state index contributed by atoms with van der Waals surface area (Å²) in [7, 11) is 0. The van der Waals surface area contributed by atoms with Crippen molar-refractivity contribution in [3.63, 3.8) is 0 Å². The van der Waals surface area contributed by atoms with Crippen molar-refractivity contribution in [2.24, 2.45) is 0 Å². The molecule has 0 saturated heterocycles. The maximum atomic E-state index is 12.3. The Morgan fingerprint density at radius 2 is 2.00 bits per heavy atom. The Bertz CT molecular complexity index is 839. The van der Waals surface area contributed by atoms with Gasteiger partial charge in [0.05, 0.1) is 29.5 Å². The first-order valence-electron chi connectivity index (χ1n) is 7.46. The average Bonchev–Trinajstić information content (AvgIpc) is 3.10. The second kappa shape index (κ2) is 5.26. The van der Waals surface area contributed by atoms with Gasteiger partial charge in [-0.3, -0.25) is 14.5 Å². The number of carbonyl (C=O) groups is 1. The van der Waals surface area contributed by atoms with E-state index < -0.39 is 0 Å². The molecule has 22 heavy (non-hydrogen) atoms. The third-order valence-electron chi connectivity index (χ3n) is 4.10. The van der Waals surface area contributed by atoms with Crippen molar-refractivity contribution in [1.29, 1.82) is 0 Å². The zero-order valence-electron chi connectivity index (χ0n) is 12.1. The summed E-state index contributed by atoms with van der Waals surface area (Å²) < 4.78 is 2.00. The number of nitrogens with zero attached hydrogens (tertiary/aromatic N) is 4. The number of hydrogen-bond acceptors (Lipinski definition) is 3. The number of rotatable bonds is 4. The van der Waals surface area contributed by atoms with Crippen LogP contribution in [-0.4, -0.2) is 32.1 Å². The molecule has 1 aromatic carbocycles. The van der Waals surface area contributed by atoms with Crippen LogP contribution in [0, 0.1) is 0 Å². The zero-order valence-corrected chi connectivity index (χ0v) is 12.1. The smallest absolute Gasteiger partial charge is 0.256 e. The number of para-hydroxylation sites is 1. The Kier molecular flexibility index (Phi) is 3.11. The lowest BCUT2D eigenvalue weighted by atomic mass is 10.2. The van der Waals surface area contributed by atoms with Gasteiger partial charge >= 0.3 is 0 Å². The summed E-state index contributed by atoms with van der Waals surface area (Å²) in [6, 6.07) is 11.8. The number of aromatic nitrogens is 3. The highest BCUT2D eigenvalue weighted by Crippen LogP contribution is 2.20. The number of benzene rings is 1. The number of aryl methyl sites for hydroxylation is 1. The minimum atomic E-state index is 0.0911. The predicted molar refractivity (Wildman–Crippen MR) is 83.3 cm³/mol. The highest BCUT2D eigenvalue weighted by molar-refractivity contribution is 5.97. The van der Waals surface area contributed by atoms with Gasteiger partial charge in [-0.2, -0.15) is 5.10 Å². The molecule has 1 aliphatic heterocycles. The highest BCUT2D eigenvalue weighted by atomic mass is 16.2. The normalized spacial score (nSPS) is 13.8. The summed E-state index contributed by atoms with van der Waals surface area (Å²) in [5.41, 5.74) is 2.77. The quantitative estimate of drug-likeness (QED) is 0.742. The van der Waals surface area contributed by atoms with E-state index in [1.807, 2.05) is 40.0 Å². The molecule has 0 fully saturated rings. The number of carbonyl (C=O) groups excluding carboxylic acids is 1. The first-order chi connectivity index (χ1) is 10.8. The molecule has 0 radical (unpaired) electrons. The largest absolute Gasteiger partial charge is 0.333 e.